The highest BCUT2D eigenvalue weighted by atomic mass is 32.2. The Balaban J connectivity index is 1.55. The lowest BCUT2D eigenvalue weighted by atomic mass is 9.48. The second kappa shape index (κ2) is 6.26. The highest BCUT2D eigenvalue weighted by Crippen LogP contribution is 2.62. The van der Waals surface area contributed by atoms with Crippen LogP contribution in [0.5, 0.6) is 0 Å². The summed E-state index contributed by atoms with van der Waals surface area (Å²) >= 11 is 0. The van der Waals surface area contributed by atoms with Crippen LogP contribution in [-0.4, -0.2) is 54.2 Å². The van der Waals surface area contributed by atoms with Crippen LogP contribution in [0.2, 0.25) is 0 Å². The third-order valence-corrected chi connectivity index (χ3v) is 6.61. The lowest BCUT2D eigenvalue weighted by Crippen LogP contribution is -2.58. The number of esters is 1. The number of aliphatic hydroxyl groups is 1. The molecule has 2 N–H and O–H groups in total. The molecule has 4 aliphatic carbocycles. The summed E-state index contributed by atoms with van der Waals surface area (Å²) < 4.78 is 89.8. The van der Waals surface area contributed by atoms with E-state index < -0.39 is 51.7 Å². The van der Waals surface area contributed by atoms with Crippen LogP contribution in [0.1, 0.15) is 38.5 Å². The molecule has 0 aliphatic heterocycles. The summed E-state index contributed by atoms with van der Waals surface area (Å²) in [6.07, 6.45) is -2.12. The normalized spacial score (nSPS) is 36.1. The van der Waals surface area contributed by atoms with Crippen LogP contribution in [-0.2, 0) is 24.4 Å². The first kappa shape index (κ1) is 20.7. The largest absolute Gasteiger partial charge is 0.463 e. The molecular weight excluding hydrogens is 400 g/mol. The number of halogens is 4. The van der Waals surface area contributed by atoms with Crippen LogP contribution in [0.25, 0.3) is 0 Å². The van der Waals surface area contributed by atoms with Gasteiger partial charge in [0.15, 0.2) is 0 Å². The molecular formula is C15H20F4O7S. The van der Waals surface area contributed by atoms with Gasteiger partial charge in [-0.05, 0) is 50.4 Å². The summed E-state index contributed by atoms with van der Waals surface area (Å²) in [5.41, 5.74) is -1.86. The number of rotatable bonds is 7. The maximum atomic E-state index is 13.2. The van der Waals surface area contributed by atoms with E-state index in [4.69, 9.17) is 9.29 Å². The van der Waals surface area contributed by atoms with Crippen molar-refractivity contribution in [3.8, 4) is 0 Å². The maximum Gasteiger partial charge on any atom is 0.459 e. The van der Waals surface area contributed by atoms with Gasteiger partial charge in [-0.25, -0.2) is 0 Å². The summed E-state index contributed by atoms with van der Waals surface area (Å²) in [5, 5.41) is 4.73. The van der Waals surface area contributed by atoms with Crippen molar-refractivity contribution >= 4 is 16.1 Å². The second-order valence-corrected chi connectivity index (χ2v) is 9.42. The number of carbonyl (C=O) groups is 1. The standard InChI is InChI=1S/C15H20F4O7S/c16-14(17,15(18,19)27(22,23)24)26-2-1-25-11(20)12-4-9-3-10(5-12)7-13(21,6-9)8-12/h9-10,21H,1-8H2,(H,22,23,24). The van der Waals surface area contributed by atoms with Crippen molar-refractivity contribution in [3.63, 3.8) is 0 Å². The van der Waals surface area contributed by atoms with Gasteiger partial charge in [-0.3, -0.25) is 9.35 Å². The number of carbonyl (C=O) groups excluding carboxylic acids is 1. The molecule has 0 aromatic carbocycles. The average molecular weight is 420 g/mol. The molecule has 12 heteroatoms. The van der Waals surface area contributed by atoms with Gasteiger partial charge in [0.1, 0.15) is 6.61 Å². The first-order valence-corrected chi connectivity index (χ1v) is 9.90. The van der Waals surface area contributed by atoms with Gasteiger partial charge in [-0.1, -0.05) is 0 Å². The van der Waals surface area contributed by atoms with Gasteiger partial charge in [0.2, 0.25) is 0 Å². The van der Waals surface area contributed by atoms with Crippen molar-refractivity contribution in [1.29, 1.82) is 0 Å². The third-order valence-electron chi connectivity index (χ3n) is 5.73. The molecule has 0 heterocycles. The van der Waals surface area contributed by atoms with E-state index in [1.165, 1.54) is 0 Å². The Hall–Kier alpha value is -0.980. The van der Waals surface area contributed by atoms with Gasteiger partial charge in [0.05, 0.1) is 17.6 Å². The Kier molecular flexibility index (Phi) is 4.81. The Morgan fingerprint density at radius 3 is 2.11 bits per heavy atom. The molecule has 0 amide bonds. The van der Waals surface area contributed by atoms with Crippen molar-refractivity contribution in [1.82, 2.24) is 0 Å². The molecule has 27 heavy (non-hydrogen) atoms. The average Bonchev–Trinajstić information content (AvgIpc) is 2.47. The minimum atomic E-state index is -6.39. The van der Waals surface area contributed by atoms with Crippen molar-refractivity contribution in [2.24, 2.45) is 17.3 Å². The summed E-state index contributed by atoms with van der Waals surface area (Å²) in [6, 6.07) is 0. The van der Waals surface area contributed by atoms with Gasteiger partial charge >= 0.3 is 27.5 Å². The molecule has 7 nitrogen and oxygen atoms in total. The molecule has 0 spiro atoms. The third kappa shape index (κ3) is 3.56. The maximum absolute atomic E-state index is 13.2. The van der Waals surface area contributed by atoms with Crippen LogP contribution >= 0.6 is 0 Å². The highest BCUT2D eigenvalue weighted by molar-refractivity contribution is 7.86. The zero-order chi connectivity index (χ0) is 20.3. The van der Waals surface area contributed by atoms with Crippen LogP contribution < -0.4 is 0 Å². The molecule has 4 fully saturated rings. The van der Waals surface area contributed by atoms with Crippen molar-refractivity contribution in [2.45, 2.75) is 55.5 Å². The lowest BCUT2D eigenvalue weighted by Gasteiger charge is -2.58. The number of ether oxygens (including phenoxy) is 2. The highest BCUT2D eigenvalue weighted by Gasteiger charge is 2.67. The number of alkyl halides is 4. The fourth-order valence-corrected chi connectivity index (χ4v) is 5.50. The van der Waals surface area contributed by atoms with Gasteiger partial charge in [-0.15, -0.1) is 0 Å². The molecule has 4 bridgehead atoms. The first-order chi connectivity index (χ1) is 12.2. The number of hydrogen-bond donors (Lipinski definition) is 2. The zero-order valence-electron chi connectivity index (χ0n) is 14.2. The van der Waals surface area contributed by atoms with Crippen LogP contribution in [0, 0.1) is 17.3 Å². The quantitative estimate of drug-likeness (QED) is 0.280. The molecule has 4 saturated carbocycles. The zero-order valence-corrected chi connectivity index (χ0v) is 15.0. The fraction of sp³-hybridized carbons (Fsp3) is 0.933. The van der Waals surface area contributed by atoms with E-state index in [-0.39, 0.29) is 18.3 Å². The molecule has 0 aromatic rings. The predicted octanol–water partition coefficient (Wildman–Crippen LogP) is 1.95. The molecule has 156 valence electrons. The first-order valence-electron chi connectivity index (χ1n) is 8.46. The number of hydrogen-bond acceptors (Lipinski definition) is 6. The predicted molar refractivity (Wildman–Crippen MR) is 80.4 cm³/mol. The summed E-state index contributed by atoms with van der Waals surface area (Å²) in [6.45, 7) is -2.00. The van der Waals surface area contributed by atoms with E-state index in [1.54, 1.807) is 0 Å². The molecule has 2 atom stereocenters. The Morgan fingerprint density at radius 2 is 1.63 bits per heavy atom. The van der Waals surface area contributed by atoms with Crippen molar-refractivity contribution in [2.75, 3.05) is 13.2 Å². The summed E-state index contributed by atoms with van der Waals surface area (Å²) in [4.78, 5) is 12.5. The van der Waals surface area contributed by atoms with E-state index in [0.717, 1.165) is 6.42 Å². The minimum absolute atomic E-state index is 0.179. The Labute approximate surface area is 152 Å². The SMILES string of the molecule is O=C(OCCOC(F)(F)C(F)(F)S(=O)(=O)O)C12CC3CC(CC(O)(C3)C1)C2. The van der Waals surface area contributed by atoms with Gasteiger partial charge < -0.3 is 14.6 Å². The molecule has 4 rings (SSSR count). The van der Waals surface area contributed by atoms with Gasteiger partial charge in [0, 0.05) is 0 Å². The molecule has 0 radical (unpaired) electrons. The lowest BCUT2D eigenvalue weighted by molar-refractivity contribution is -0.320. The van der Waals surface area contributed by atoms with Crippen LogP contribution in [0.3, 0.4) is 0 Å². The fourth-order valence-electron chi connectivity index (χ4n) is 5.14. The summed E-state index contributed by atoms with van der Waals surface area (Å²) in [7, 11) is -6.39. The smallest absolute Gasteiger partial charge is 0.459 e. The van der Waals surface area contributed by atoms with E-state index in [1.807, 2.05) is 0 Å². The van der Waals surface area contributed by atoms with E-state index >= 15 is 0 Å². The van der Waals surface area contributed by atoms with Crippen LogP contribution in [0.15, 0.2) is 0 Å². The Morgan fingerprint density at radius 1 is 1.07 bits per heavy atom. The van der Waals surface area contributed by atoms with E-state index in [2.05, 4.69) is 4.74 Å². The monoisotopic (exact) mass is 420 g/mol. The van der Waals surface area contributed by atoms with E-state index in [0.29, 0.717) is 25.7 Å². The van der Waals surface area contributed by atoms with Gasteiger partial charge in [-0.2, -0.15) is 26.0 Å². The Bertz CT molecular complexity index is 710. The van der Waals surface area contributed by atoms with Crippen molar-refractivity contribution < 1.29 is 49.9 Å². The molecule has 0 saturated heterocycles. The van der Waals surface area contributed by atoms with Crippen LogP contribution in [0.4, 0.5) is 17.6 Å². The molecule has 2 unspecified atom stereocenters. The summed E-state index contributed by atoms with van der Waals surface area (Å²) in [5.74, 6) is -0.348. The second-order valence-electron chi connectivity index (χ2n) is 7.96. The van der Waals surface area contributed by atoms with E-state index in [9.17, 15) is 35.9 Å². The topological polar surface area (TPSA) is 110 Å². The van der Waals surface area contributed by atoms with Crippen molar-refractivity contribution in [3.05, 3.63) is 0 Å². The minimum Gasteiger partial charge on any atom is -0.463 e. The molecule has 0 aromatic heterocycles. The van der Waals surface area contributed by atoms with Gasteiger partial charge in [0.25, 0.3) is 0 Å². The molecule has 4 aliphatic rings.